The van der Waals surface area contributed by atoms with E-state index in [0.717, 1.165) is 11.3 Å². The minimum atomic E-state index is -3.69. The lowest BCUT2D eigenvalue weighted by Gasteiger charge is -2.31. The number of nitrogens with one attached hydrogen (secondary N) is 1. The Morgan fingerprint density at radius 2 is 1.74 bits per heavy atom. The molecule has 3 aromatic carbocycles. The Morgan fingerprint density at radius 3 is 2.48 bits per heavy atom. The Balaban J connectivity index is 1.79. The Bertz CT molecular complexity index is 1280. The molecule has 1 heterocycles. The minimum absolute atomic E-state index is 0.150. The van der Waals surface area contributed by atoms with Gasteiger partial charge in [-0.05, 0) is 41.8 Å². The van der Waals surface area contributed by atoms with Crippen molar-refractivity contribution in [1.29, 1.82) is 0 Å². The highest BCUT2D eigenvalue weighted by Crippen LogP contribution is 2.43. The molecule has 0 aromatic heterocycles. The van der Waals surface area contributed by atoms with Gasteiger partial charge in [0.25, 0.3) is 15.9 Å². The van der Waals surface area contributed by atoms with Crippen molar-refractivity contribution in [1.82, 2.24) is 0 Å². The first-order valence-corrected chi connectivity index (χ1v) is 11.6. The number of anilines is 2. The fourth-order valence-electron chi connectivity index (χ4n) is 3.90. The zero-order chi connectivity index (χ0) is 22.2. The lowest BCUT2D eigenvalue weighted by atomic mass is 9.99. The molecule has 3 aromatic rings. The first-order chi connectivity index (χ1) is 14.8. The zero-order valence-corrected chi connectivity index (χ0v) is 18.3. The van der Waals surface area contributed by atoms with Crippen LogP contribution >= 0.6 is 0 Å². The van der Waals surface area contributed by atoms with Gasteiger partial charge in [0.2, 0.25) is 0 Å². The molecule has 1 aliphatic heterocycles. The SMILES string of the molecule is C=CCN1c2ccc(C(=O)Nc3ccccc3C(C)C)cc2-c2ccccc2S1(=O)=O. The second-order valence-electron chi connectivity index (χ2n) is 7.75. The number of para-hydroxylation sites is 1. The van der Waals surface area contributed by atoms with Gasteiger partial charge in [-0.25, -0.2) is 8.42 Å². The summed E-state index contributed by atoms with van der Waals surface area (Å²) in [6.07, 6.45) is 1.55. The summed E-state index contributed by atoms with van der Waals surface area (Å²) in [4.78, 5) is 13.3. The molecule has 31 heavy (non-hydrogen) atoms. The number of carbonyl (C=O) groups excluding carboxylic acids is 1. The fourth-order valence-corrected chi connectivity index (χ4v) is 5.56. The van der Waals surface area contributed by atoms with E-state index in [-0.39, 0.29) is 23.3 Å². The van der Waals surface area contributed by atoms with Crippen LogP contribution < -0.4 is 9.62 Å². The Kier molecular flexibility index (Phi) is 5.41. The van der Waals surface area contributed by atoms with Crippen molar-refractivity contribution in [2.24, 2.45) is 0 Å². The first kappa shape index (κ1) is 20.9. The predicted octanol–water partition coefficient (Wildman–Crippen LogP) is 5.42. The van der Waals surface area contributed by atoms with Crippen molar-refractivity contribution in [3.8, 4) is 11.1 Å². The summed E-state index contributed by atoms with van der Waals surface area (Å²) < 4.78 is 27.6. The summed E-state index contributed by atoms with van der Waals surface area (Å²) in [6.45, 7) is 8.00. The molecule has 1 aliphatic rings. The van der Waals surface area contributed by atoms with E-state index in [1.54, 1.807) is 48.5 Å². The van der Waals surface area contributed by atoms with E-state index >= 15 is 0 Å². The van der Waals surface area contributed by atoms with E-state index in [1.807, 2.05) is 24.3 Å². The molecule has 0 saturated heterocycles. The smallest absolute Gasteiger partial charge is 0.265 e. The molecule has 0 saturated carbocycles. The summed E-state index contributed by atoms with van der Waals surface area (Å²) >= 11 is 0. The van der Waals surface area contributed by atoms with Crippen molar-refractivity contribution < 1.29 is 13.2 Å². The maximum atomic E-state index is 13.1. The van der Waals surface area contributed by atoms with Crippen molar-refractivity contribution in [2.45, 2.75) is 24.7 Å². The van der Waals surface area contributed by atoms with Gasteiger partial charge >= 0.3 is 0 Å². The Labute approximate surface area is 183 Å². The number of nitrogens with zero attached hydrogens (tertiary/aromatic N) is 1. The van der Waals surface area contributed by atoms with Gasteiger partial charge in [-0.15, -0.1) is 6.58 Å². The molecule has 0 radical (unpaired) electrons. The molecule has 0 fully saturated rings. The third-order valence-electron chi connectivity index (χ3n) is 5.40. The van der Waals surface area contributed by atoms with Gasteiger partial charge < -0.3 is 5.32 Å². The highest BCUT2D eigenvalue weighted by molar-refractivity contribution is 7.93. The van der Waals surface area contributed by atoms with Crippen LogP contribution in [0.25, 0.3) is 11.1 Å². The second kappa shape index (κ2) is 8.04. The third-order valence-corrected chi connectivity index (χ3v) is 7.24. The van der Waals surface area contributed by atoms with Gasteiger partial charge in [-0.3, -0.25) is 9.10 Å². The van der Waals surface area contributed by atoms with E-state index in [9.17, 15) is 13.2 Å². The topological polar surface area (TPSA) is 66.5 Å². The van der Waals surface area contributed by atoms with Crippen molar-refractivity contribution in [3.05, 3.63) is 90.5 Å². The lowest BCUT2D eigenvalue weighted by Crippen LogP contribution is -2.34. The fraction of sp³-hybridized carbons (Fsp3) is 0.160. The van der Waals surface area contributed by atoms with E-state index in [1.165, 1.54) is 4.31 Å². The lowest BCUT2D eigenvalue weighted by molar-refractivity contribution is 0.102. The summed E-state index contributed by atoms with van der Waals surface area (Å²) in [5.74, 6) is 0.0293. The minimum Gasteiger partial charge on any atom is -0.322 e. The first-order valence-electron chi connectivity index (χ1n) is 10.1. The molecule has 0 bridgehead atoms. The Morgan fingerprint density at radius 1 is 1.03 bits per heavy atom. The highest BCUT2D eigenvalue weighted by atomic mass is 32.2. The quantitative estimate of drug-likeness (QED) is 0.547. The van der Waals surface area contributed by atoms with Crippen LogP contribution in [0.3, 0.4) is 0 Å². The van der Waals surface area contributed by atoms with Crippen LogP contribution in [0, 0.1) is 0 Å². The second-order valence-corrected chi connectivity index (χ2v) is 9.58. The van der Waals surface area contributed by atoms with Crippen molar-refractivity contribution in [3.63, 3.8) is 0 Å². The molecule has 158 valence electrons. The normalized spacial score (nSPS) is 14.0. The number of fused-ring (bicyclic) bond motifs is 3. The van der Waals surface area contributed by atoms with E-state index in [0.29, 0.717) is 22.4 Å². The number of hydrogen-bond acceptors (Lipinski definition) is 3. The van der Waals surface area contributed by atoms with Gasteiger partial charge in [0.1, 0.15) is 0 Å². The standard InChI is InChI=1S/C25H24N2O3S/c1-4-15-27-23-14-13-18(25(28)26-22-11-7-5-9-19(22)17(2)3)16-21(23)20-10-6-8-12-24(20)31(27,29)30/h4-14,16-17H,1,15H2,2-3H3,(H,26,28). The van der Waals surface area contributed by atoms with Crippen molar-refractivity contribution >= 4 is 27.3 Å². The monoisotopic (exact) mass is 432 g/mol. The summed E-state index contributed by atoms with van der Waals surface area (Å²) in [5.41, 5.74) is 4.13. The zero-order valence-electron chi connectivity index (χ0n) is 17.5. The van der Waals surface area contributed by atoms with Crippen LogP contribution in [-0.4, -0.2) is 20.9 Å². The molecule has 0 unspecified atom stereocenters. The van der Waals surface area contributed by atoms with Crippen LogP contribution in [0.2, 0.25) is 0 Å². The Hall–Kier alpha value is -3.38. The molecule has 6 heteroatoms. The summed E-state index contributed by atoms with van der Waals surface area (Å²) in [7, 11) is -3.69. The van der Waals surface area contributed by atoms with Gasteiger partial charge in [0.05, 0.1) is 17.1 Å². The molecular weight excluding hydrogens is 408 g/mol. The van der Waals surface area contributed by atoms with E-state index < -0.39 is 10.0 Å². The summed E-state index contributed by atoms with van der Waals surface area (Å²) in [5, 5.41) is 3.00. The molecule has 0 aliphatic carbocycles. The third kappa shape index (κ3) is 3.64. The number of benzene rings is 3. The van der Waals surface area contributed by atoms with Crippen LogP contribution in [0.5, 0.6) is 0 Å². The van der Waals surface area contributed by atoms with Crippen molar-refractivity contribution in [2.75, 3.05) is 16.2 Å². The van der Waals surface area contributed by atoms with E-state index in [4.69, 9.17) is 0 Å². The number of sulfonamides is 1. The molecule has 4 rings (SSSR count). The number of rotatable bonds is 5. The maximum Gasteiger partial charge on any atom is 0.265 e. The van der Waals surface area contributed by atoms with E-state index in [2.05, 4.69) is 25.7 Å². The average Bonchev–Trinajstić information content (AvgIpc) is 2.76. The highest BCUT2D eigenvalue weighted by Gasteiger charge is 2.34. The maximum absolute atomic E-state index is 13.1. The predicted molar refractivity (Wildman–Crippen MR) is 125 cm³/mol. The van der Waals surface area contributed by atoms with Gasteiger partial charge in [-0.2, -0.15) is 0 Å². The molecule has 0 atom stereocenters. The number of amides is 1. The molecule has 0 spiro atoms. The van der Waals surface area contributed by atoms with Gasteiger partial charge in [0.15, 0.2) is 0 Å². The average molecular weight is 433 g/mol. The molecule has 1 N–H and O–H groups in total. The van der Waals surface area contributed by atoms with Crippen LogP contribution in [0.4, 0.5) is 11.4 Å². The molecular formula is C25H24N2O3S. The van der Waals surface area contributed by atoms with Gasteiger partial charge in [-0.1, -0.05) is 56.3 Å². The largest absolute Gasteiger partial charge is 0.322 e. The van der Waals surface area contributed by atoms with Crippen LogP contribution in [0.1, 0.15) is 35.7 Å². The molecule has 1 amide bonds. The molecule has 5 nitrogen and oxygen atoms in total. The van der Waals surface area contributed by atoms with Crippen LogP contribution in [-0.2, 0) is 10.0 Å². The number of carbonyl (C=O) groups is 1. The van der Waals surface area contributed by atoms with Crippen LogP contribution in [0.15, 0.2) is 84.3 Å². The van der Waals surface area contributed by atoms with Gasteiger partial charge in [0, 0.05) is 22.4 Å². The number of hydrogen-bond donors (Lipinski definition) is 1. The summed E-state index contributed by atoms with van der Waals surface area (Å²) in [6, 6.07) is 19.7.